The van der Waals surface area contributed by atoms with Gasteiger partial charge in [0.25, 0.3) is 5.91 Å². The third-order valence-electron chi connectivity index (χ3n) is 3.95. The van der Waals surface area contributed by atoms with E-state index in [1.54, 1.807) is 25.2 Å². The molecule has 2 heterocycles. The van der Waals surface area contributed by atoms with Gasteiger partial charge in [-0.15, -0.1) is 0 Å². The Balaban J connectivity index is 1.80. The van der Waals surface area contributed by atoms with E-state index in [-0.39, 0.29) is 25.0 Å². The SMILES string of the molecule is CN1C(=O)CO[C@H](C(=O)NCc2ccco2)[C@H]1c1cccc(F)c1. The molecular formula is C17H17FN2O4. The molecule has 1 aliphatic rings. The number of carbonyl (C=O) groups excluding carboxylic acids is 2. The number of likely N-dealkylation sites (N-methyl/N-ethyl adjacent to an activating group) is 1. The van der Waals surface area contributed by atoms with Crippen molar-refractivity contribution in [2.45, 2.75) is 18.7 Å². The van der Waals surface area contributed by atoms with Crippen LogP contribution in [0, 0.1) is 5.82 Å². The Morgan fingerprint density at radius 1 is 1.38 bits per heavy atom. The minimum atomic E-state index is -0.926. The van der Waals surface area contributed by atoms with Crippen LogP contribution in [0.15, 0.2) is 47.1 Å². The molecule has 2 amide bonds. The Bertz CT molecular complexity index is 732. The van der Waals surface area contributed by atoms with Gasteiger partial charge in [-0.05, 0) is 29.8 Å². The Morgan fingerprint density at radius 2 is 2.21 bits per heavy atom. The summed E-state index contributed by atoms with van der Waals surface area (Å²) >= 11 is 0. The molecule has 7 heteroatoms. The summed E-state index contributed by atoms with van der Waals surface area (Å²) in [7, 11) is 1.58. The molecule has 0 radical (unpaired) electrons. The molecule has 6 nitrogen and oxygen atoms in total. The second-order valence-corrected chi connectivity index (χ2v) is 5.53. The highest BCUT2D eigenvalue weighted by Crippen LogP contribution is 2.29. The molecule has 1 aromatic carbocycles. The maximum absolute atomic E-state index is 13.6. The van der Waals surface area contributed by atoms with Crippen LogP contribution in [-0.4, -0.2) is 36.5 Å². The average Bonchev–Trinajstić information content (AvgIpc) is 3.08. The number of benzene rings is 1. The zero-order valence-corrected chi connectivity index (χ0v) is 13.1. The van der Waals surface area contributed by atoms with Crippen molar-refractivity contribution < 1.29 is 23.1 Å². The Hall–Kier alpha value is -2.67. The van der Waals surface area contributed by atoms with E-state index >= 15 is 0 Å². The molecule has 0 spiro atoms. The van der Waals surface area contributed by atoms with Gasteiger partial charge in [0.2, 0.25) is 5.91 Å². The van der Waals surface area contributed by atoms with Gasteiger partial charge in [-0.1, -0.05) is 12.1 Å². The van der Waals surface area contributed by atoms with E-state index in [0.29, 0.717) is 11.3 Å². The van der Waals surface area contributed by atoms with Crippen molar-refractivity contribution in [1.82, 2.24) is 10.2 Å². The van der Waals surface area contributed by atoms with Gasteiger partial charge in [-0.3, -0.25) is 9.59 Å². The second-order valence-electron chi connectivity index (χ2n) is 5.53. The number of furan rings is 1. The van der Waals surface area contributed by atoms with Crippen LogP contribution in [0.1, 0.15) is 17.4 Å². The van der Waals surface area contributed by atoms with E-state index in [4.69, 9.17) is 9.15 Å². The fraction of sp³-hybridized carbons (Fsp3) is 0.294. The third-order valence-corrected chi connectivity index (χ3v) is 3.95. The number of nitrogens with one attached hydrogen (secondary N) is 1. The quantitative estimate of drug-likeness (QED) is 0.924. The van der Waals surface area contributed by atoms with E-state index in [1.807, 2.05) is 0 Å². The van der Waals surface area contributed by atoms with Gasteiger partial charge >= 0.3 is 0 Å². The van der Waals surface area contributed by atoms with Gasteiger partial charge in [-0.2, -0.15) is 0 Å². The van der Waals surface area contributed by atoms with Gasteiger partial charge in [-0.25, -0.2) is 4.39 Å². The first kappa shape index (κ1) is 16.2. The maximum atomic E-state index is 13.6. The molecule has 0 unspecified atom stereocenters. The number of ether oxygens (including phenoxy) is 1. The Kier molecular flexibility index (Phi) is 4.61. The van der Waals surface area contributed by atoms with Crippen LogP contribution >= 0.6 is 0 Å². The predicted molar refractivity (Wildman–Crippen MR) is 82.2 cm³/mol. The first-order valence-electron chi connectivity index (χ1n) is 7.49. The summed E-state index contributed by atoms with van der Waals surface area (Å²) in [5.74, 6) is -0.487. The van der Waals surface area contributed by atoms with E-state index in [0.717, 1.165) is 0 Å². The first-order valence-corrected chi connectivity index (χ1v) is 7.49. The molecule has 126 valence electrons. The maximum Gasteiger partial charge on any atom is 0.252 e. The van der Waals surface area contributed by atoms with Crippen molar-refractivity contribution in [2.24, 2.45) is 0 Å². The van der Waals surface area contributed by atoms with Crippen LogP contribution in [0.5, 0.6) is 0 Å². The number of amides is 2. The van der Waals surface area contributed by atoms with E-state index in [1.165, 1.54) is 29.4 Å². The molecule has 3 rings (SSSR count). The molecule has 0 aliphatic carbocycles. The summed E-state index contributed by atoms with van der Waals surface area (Å²) in [6, 6.07) is 8.58. The van der Waals surface area contributed by atoms with Crippen LogP contribution in [0.4, 0.5) is 4.39 Å². The van der Waals surface area contributed by atoms with Crippen LogP contribution in [0.2, 0.25) is 0 Å². The summed E-state index contributed by atoms with van der Waals surface area (Å²) in [5, 5.41) is 2.72. The molecule has 2 aromatic rings. The standard InChI is InChI=1S/C17H17FN2O4/c1-20-14(21)10-24-16(15(20)11-4-2-5-12(18)8-11)17(22)19-9-13-6-3-7-23-13/h2-8,15-16H,9-10H2,1H3,(H,19,22)/t15-,16+/m1/s1. The molecule has 1 aliphatic heterocycles. The van der Waals surface area contributed by atoms with Gasteiger partial charge in [0, 0.05) is 7.05 Å². The lowest BCUT2D eigenvalue weighted by molar-refractivity contribution is -0.162. The summed E-state index contributed by atoms with van der Waals surface area (Å²) < 4.78 is 24.2. The van der Waals surface area contributed by atoms with E-state index in [2.05, 4.69) is 5.32 Å². The molecule has 1 aromatic heterocycles. The largest absolute Gasteiger partial charge is 0.467 e. The van der Waals surface area contributed by atoms with Crippen molar-refractivity contribution in [3.05, 3.63) is 59.8 Å². The number of hydrogen-bond acceptors (Lipinski definition) is 4. The molecule has 1 fully saturated rings. The summed E-state index contributed by atoms with van der Waals surface area (Å²) in [5.41, 5.74) is 0.503. The van der Waals surface area contributed by atoms with Crippen LogP contribution in [0.3, 0.4) is 0 Å². The summed E-state index contributed by atoms with van der Waals surface area (Å²) in [4.78, 5) is 25.9. The van der Waals surface area contributed by atoms with Gasteiger partial charge in [0.05, 0.1) is 18.8 Å². The minimum Gasteiger partial charge on any atom is -0.467 e. The summed E-state index contributed by atoms with van der Waals surface area (Å²) in [6.07, 6.45) is 0.588. The van der Waals surface area contributed by atoms with Gasteiger partial charge in [0.1, 0.15) is 18.2 Å². The number of nitrogens with zero attached hydrogens (tertiary/aromatic N) is 1. The van der Waals surface area contributed by atoms with E-state index < -0.39 is 18.0 Å². The second kappa shape index (κ2) is 6.84. The molecular weight excluding hydrogens is 315 g/mol. The topological polar surface area (TPSA) is 71.8 Å². The monoisotopic (exact) mass is 332 g/mol. The fourth-order valence-corrected chi connectivity index (χ4v) is 2.71. The molecule has 1 N–H and O–H groups in total. The molecule has 2 atom stereocenters. The lowest BCUT2D eigenvalue weighted by Crippen LogP contribution is -2.52. The number of morpholine rings is 1. The summed E-state index contributed by atoms with van der Waals surface area (Å²) in [6.45, 7) is 0.0143. The zero-order valence-electron chi connectivity index (χ0n) is 13.1. The lowest BCUT2D eigenvalue weighted by Gasteiger charge is -2.38. The number of carbonyl (C=O) groups is 2. The highest BCUT2D eigenvalue weighted by molar-refractivity contribution is 5.86. The van der Waals surface area contributed by atoms with Crippen molar-refractivity contribution in [1.29, 1.82) is 0 Å². The van der Waals surface area contributed by atoms with Crippen LogP contribution in [0.25, 0.3) is 0 Å². The van der Waals surface area contributed by atoms with Crippen molar-refractivity contribution in [3.63, 3.8) is 0 Å². The Labute approximate surface area is 138 Å². The third kappa shape index (κ3) is 3.30. The normalized spacial score (nSPS) is 20.9. The van der Waals surface area contributed by atoms with Gasteiger partial charge < -0.3 is 19.4 Å². The molecule has 24 heavy (non-hydrogen) atoms. The highest BCUT2D eigenvalue weighted by Gasteiger charge is 2.40. The van der Waals surface area contributed by atoms with Crippen molar-refractivity contribution >= 4 is 11.8 Å². The minimum absolute atomic E-state index is 0.193. The highest BCUT2D eigenvalue weighted by atomic mass is 19.1. The van der Waals surface area contributed by atoms with Crippen LogP contribution in [-0.2, 0) is 20.9 Å². The molecule has 0 saturated carbocycles. The van der Waals surface area contributed by atoms with Crippen molar-refractivity contribution in [2.75, 3.05) is 13.7 Å². The molecule has 1 saturated heterocycles. The molecule has 0 bridgehead atoms. The number of hydrogen-bond donors (Lipinski definition) is 1. The zero-order chi connectivity index (χ0) is 17.1. The number of halogens is 1. The van der Waals surface area contributed by atoms with Crippen molar-refractivity contribution in [3.8, 4) is 0 Å². The lowest BCUT2D eigenvalue weighted by atomic mass is 9.97. The van der Waals surface area contributed by atoms with Crippen LogP contribution < -0.4 is 5.32 Å². The predicted octanol–water partition coefficient (Wildman–Crippen LogP) is 1.63. The Morgan fingerprint density at radius 3 is 2.92 bits per heavy atom. The van der Waals surface area contributed by atoms with E-state index in [9.17, 15) is 14.0 Å². The van der Waals surface area contributed by atoms with Gasteiger partial charge in [0.15, 0.2) is 6.10 Å². The average molecular weight is 332 g/mol. The number of rotatable bonds is 4. The fourth-order valence-electron chi connectivity index (χ4n) is 2.71. The smallest absolute Gasteiger partial charge is 0.252 e. The first-order chi connectivity index (χ1) is 11.6.